The van der Waals surface area contributed by atoms with Crippen LogP contribution in [-0.4, -0.2) is 35.3 Å². The molecule has 0 saturated carbocycles. The summed E-state index contributed by atoms with van der Waals surface area (Å²) in [6.07, 6.45) is 1.57. The fourth-order valence-electron chi connectivity index (χ4n) is 2.44. The minimum absolute atomic E-state index is 0.247. The summed E-state index contributed by atoms with van der Waals surface area (Å²) in [7, 11) is 3.26. The Labute approximate surface area is 144 Å². The van der Waals surface area contributed by atoms with Gasteiger partial charge in [0.05, 0.1) is 12.7 Å². The zero-order valence-electron chi connectivity index (χ0n) is 15.9. The second-order valence-electron chi connectivity index (χ2n) is 6.94. The molecule has 0 aromatic carbocycles. The van der Waals surface area contributed by atoms with Gasteiger partial charge >= 0.3 is 11.9 Å². The van der Waals surface area contributed by atoms with Gasteiger partial charge in [-0.1, -0.05) is 13.3 Å². The highest BCUT2D eigenvalue weighted by Crippen LogP contribution is 2.16. The Balaban J connectivity index is 2.84. The lowest BCUT2D eigenvalue weighted by Gasteiger charge is -2.24. The molecule has 136 valence electrons. The van der Waals surface area contributed by atoms with Gasteiger partial charge in [-0.25, -0.2) is 4.79 Å². The van der Waals surface area contributed by atoms with Gasteiger partial charge in [-0.05, 0) is 40.2 Å². The van der Waals surface area contributed by atoms with Crippen LogP contribution in [0.2, 0.25) is 0 Å². The molecule has 24 heavy (non-hydrogen) atoms. The van der Waals surface area contributed by atoms with Gasteiger partial charge in [-0.15, -0.1) is 0 Å². The Morgan fingerprint density at radius 3 is 2.46 bits per heavy atom. The number of hydrogen-bond donors (Lipinski definition) is 1. The highest BCUT2D eigenvalue weighted by molar-refractivity contribution is 5.91. The van der Waals surface area contributed by atoms with Crippen molar-refractivity contribution in [3.8, 4) is 0 Å². The van der Waals surface area contributed by atoms with Gasteiger partial charge in [0.15, 0.2) is 0 Å². The Morgan fingerprint density at radius 2 is 1.96 bits per heavy atom. The van der Waals surface area contributed by atoms with E-state index in [2.05, 4.69) is 5.32 Å². The molecule has 0 amide bonds. The van der Waals surface area contributed by atoms with Crippen molar-refractivity contribution in [3.05, 3.63) is 23.0 Å². The first kappa shape index (κ1) is 20.2. The summed E-state index contributed by atoms with van der Waals surface area (Å²) < 4.78 is 12.2. The van der Waals surface area contributed by atoms with Crippen LogP contribution in [0.15, 0.2) is 6.07 Å². The number of methoxy groups -OCH3 is 1. The summed E-state index contributed by atoms with van der Waals surface area (Å²) in [6, 6.07) is 1.43. The van der Waals surface area contributed by atoms with Crippen molar-refractivity contribution in [1.82, 2.24) is 9.88 Å². The van der Waals surface area contributed by atoms with Crippen LogP contribution in [0.4, 0.5) is 0 Å². The van der Waals surface area contributed by atoms with E-state index in [1.54, 1.807) is 6.07 Å². The number of nitrogens with one attached hydrogen (secondary N) is 1. The number of rotatable bonds is 7. The average Bonchev–Trinajstić information content (AvgIpc) is 2.77. The average molecular weight is 338 g/mol. The van der Waals surface area contributed by atoms with E-state index in [4.69, 9.17) is 9.47 Å². The SMILES string of the molecule is CCCC(NCc1cc(C(=O)OC)c(C)n1C)C(=O)OC(C)(C)C. The normalized spacial score (nSPS) is 12.8. The van der Waals surface area contributed by atoms with Crippen LogP contribution >= 0.6 is 0 Å². The molecule has 0 bridgehead atoms. The van der Waals surface area contributed by atoms with Crippen molar-refractivity contribution in [2.45, 2.75) is 65.6 Å². The van der Waals surface area contributed by atoms with Gasteiger partial charge in [0.25, 0.3) is 0 Å². The van der Waals surface area contributed by atoms with Crippen molar-refractivity contribution in [2.24, 2.45) is 7.05 Å². The lowest BCUT2D eigenvalue weighted by Crippen LogP contribution is -2.41. The van der Waals surface area contributed by atoms with E-state index >= 15 is 0 Å². The van der Waals surface area contributed by atoms with Gasteiger partial charge in [-0.3, -0.25) is 10.1 Å². The van der Waals surface area contributed by atoms with Crippen LogP contribution in [-0.2, 0) is 27.9 Å². The van der Waals surface area contributed by atoms with Gasteiger partial charge in [0, 0.05) is 25.0 Å². The van der Waals surface area contributed by atoms with Crippen molar-refractivity contribution in [3.63, 3.8) is 0 Å². The number of nitrogens with zero attached hydrogens (tertiary/aromatic N) is 1. The van der Waals surface area contributed by atoms with Crippen LogP contribution in [0.1, 0.15) is 62.3 Å². The molecule has 0 spiro atoms. The highest BCUT2D eigenvalue weighted by Gasteiger charge is 2.25. The Morgan fingerprint density at radius 1 is 1.33 bits per heavy atom. The number of ether oxygens (including phenoxy) is 2. The molecule has 1 unspecified atom stereocenters. The molecule has 1 aromatic heterocycles. The summed E-state index contributed by atoms with van der Waals surface area (Å²) in [5, 5.41) is 3.25. The van der Waals surface area contributed by atoms with E-state index in [1.165, 1.54) is 7.11 Å². The first-order valence-electron chi connectivity index (χ1n) is 8.30. The second kappa shape index (κ2) is 8.33. The van der Waals surface area contributed by atoms with Gasteiger partial charge < -0.3 is 14.0 Å². The summed E-state index contributed by atoms with van der Waals surface area (Å²) in [6.45, 7) is 9.94. The third kappa shape index (κ3) is 5.37. The lowest BCUT2D eigenvalue weighted by atomic mass is 10.1. The van der Waals surface area contributed by atoms with Gasteiger partial charge in [0.1, 0.15) is 11.6 Å². The third-order valence-corrected chi connectivity index (χ3v) is 3.84. The molecule has 1 heterocycles. The van der Waals surface area contributed by atoms with Crippen LogP contribution < -0.4 is 5.32 Å². The third-order valence-electron chi connectivity index (χ3n) is 3.84. The number of aromatic nitrogens is 1. The van der Waals surface area contributed by atoms with Crippen molar-refractivity contribution < 1.29 is 19.1 Å². The Hall–Kier alpha value is -1.82. The topological polar surface area (TPSA) is 69.6 Å². The molecule has 6 nitrogen and oxygen atoms in total. The first-order chi connectivity index (χ1) is 11.1. The van der Waals surface area contributed by atoms with Gasteiger partial charge in [0.2, 0.25) is 0 Å². The fraction of sp³-hybridized carbons (Fsp3) is 0.667. The number of carbonyl (C=O) groups excluding carboxylic acids is 2. The molecule has 0 aliphatic heterocycles. The molecule has 0 aliphatic rings. The molecule has 0 saturated heterocycles. The van der Waals surface area contributed by atoms with E-state index in [-0.39, 0.29) is 18.0 Å². The molecule has 0 radical (unpaired) electrons. The van der Waals surface area contributed by atoms with Crippen LogP contribution in [0.3, 0.4) is 0 Å². The van der Waals surface area contributed by atoms with Crippen molar-refractivity contribution >= 4 is 11.9 Å². The van der Waals surface area contributed by atoms with Crippen molar-refractivity contribution in [2.75, 3.05) is 7.11 Å². The van der Waals surface area contributed by atoms with E-state index in [1.807, 2.05) is 46.2 Å². The molecule has 1 N–H and O–H groups in total. The summed E-state index contributed by atoms with van der Waals surface area (Å²) in [5.41, 5.74) is 1.78. The molecule has 0 aliphatic carbocycles. The van der Waals surface area contributed by atoms with Crippen LogP contribution in [0.5, 0.6) is 0 Å². The second-order valence-corrected chi connectivity index (χ2v) is 6.94. The zero-order valence-corrected chi connectivity index (χ0v) is 15.9. The predicted octanol–water partition coefficient (Wildman–Crippen LogP) is 2.72. The largest absolute Gasteiger partial charge is 0.465 e. The van der Waals surface area contributed by atoms with Crippen molar-refractivity contribution in [1.29, 1.82) is 0 Å². The maximum Gasteiger partial charge on any atom is 0.339 e. The van der Waals surface area contributed by atoms with Gasteiger partial charge in [-0.2, -0.15) is 0 Å². The highest BCUT2D eigenvalue weighted by atomic mass is 16.6. The molecule has 0 fully saturated rings. The maximum atomic E-state index is 12.3. The lowest BCUT2D eigenvalue weighted by molar-refractivity contribution is -0.157. The molecular weight excluding hydrogens is 308 g/mol. The number of carbonyl (C=O) groups is 2. The fourth-order valence-corrected chi connectivity index (χ4v) is 2.44. The Kier molecular flexibility index (Phi) is 7.02. The van der Waals surface area contributed by atoms with Crippen LogP contribution in [0.25, 0.3) is 0 Å². The molecular formula is C18H30N2O4. The maximum absolute atomic E-state index is 12.3. The molecule has 1 rings (SSSR count). The minimum atomic E-state index is -0.510. The van der Waals surface area contributed by atoms with E-state index < -0.39 is 5.60 Å². The Bertz CT molecular complexity index is 585. The number of hydrogen-bond acceptors (Lipinski definition) is 5. The quantitative estimate of drug-likeness (QED) is 0.774. The summed E-state index contributed by atoms with van der Waals surface area (Å²) >= 11 is 0. The smallest absolute Gasteiger partial charge is 0.339 e. The van der Waals surface area contributed by atoms with E-state index in [9.17, 15) is 9.59 Å². The predicted molar refractivity (Wildman–Crippen MR) is 92.9 cm³/mol. The first-order valence-corrected chi connectivity index (χ1v) is 8.30. The van der Waals surface area contributed by atoms with E-state index in [0.717, 1.165) is 17.8 Å². The van der Waals surface area contributed by atoms with E-state index in [0.29, 0.717) is 18.5 Å². The molecule has 1 atom stereocenters. The zero-order chi connectivity index (χ0) is 18.5. The summed E-state index contributed by atoms with van der Waals surface area (Å²) in [4.78, 5) is 24.1. The monoisotopic (exact) mass is 338 g/mol. The molecule has 1 aromatic rings. The molecule has 6 heteroatoms. The minimum Gasteiger partial charge on any atom is -0.465 e. The standard InChI is InChI=1S/C18H30N2O4/c1-8-9-15(17(22)24-18(3,4)5)19-11-13-10-14(16(21)23-7)12(2)20(13)6/h10,15,19H,8-9,11H2,1-7H3. The summed E-state index contributed by atoms with van der Waals surface area (Å²) in [5.74, 6) is -0.602. The number of esters is 2. The van der Waals surface area contributed by atoms with Crippen LogP contribution in [0, 0.1) is 6.92 Å².